The van der Waals surface area contributed by atoms with E-state index >= 15 is 0 Å². The van der Waals surface area contributed by atoms with Crippen LogP contribution in [0, 0.1) is 0 Å². The number of amides is 1. The van der Waals surface area contributed by atoms with Crippen molar-refractivity contribution in [3.63, 3.8) is 0 Å². The third-order valence-electron chi connectivity index (χ3n) is 4.80. The number of rotatable bonds is 5. The summed E-state index contributed by atoms with van der Waals surface area (Å²) in [7, 11) is 4.64. The van der Waals surface area contributed by atoms with Gasteiger partial charge in [0.15, 0.2) is 11.5 Å². The minimum atomic E-state index is -0.481. The Balaban J connectivity index is 2.08. The molecule has 29 heavy (non-hydrogen) atoms. The molecule has 1 amide bonds. The number of hydrogen-bond donors (Lipinski definition) is 3. The van der Waals surface area contributed by atoms with Gasteiger partial charge in [-0.05, 0) is 24.3 Å². The van der Waals surface area contributed by atoms with Crippen molar-refractivity contribution in [1.82, 2.24) is 15.4 Å². The van der Waals surface area contributed by atoms with Crippen molar-refractivity contribution in [3.8, 4) is 28.5 Å². The minimum absolute atomic E-state index is 0.202. The van der Waals surface area contributed by atoms with Gasteiger partial charge in [-0.2, -0.15) is 0 Å². The number of ether oxygens (including phenoxy) is 3. The van der Waals surface area contributed by atoms with Crippen molar-refractivity contribution in [3.05, 3.63) is 48.2 Å². The number of benzene rings is 2. The van der Waals surface area contributed by atoms with Gasteiger partial charge >= 0.3 is 0 Å². The largest absolute Gasteiger partial charge is 0.493 e. The number of pyridine rings is 1. The molecule has 2 aromatic heterocycles. The first-order chi connectivity index (χ1) is 14.1. The summed E-state index contributed by atoms with van der Waals surface area (Å²) in [5.41, 5.74) is 5.33. The fraction of sp³-hybridized carbons (Fsp3) is 0.143. The van der Waals surface area contributed by atoms with Crippen LogP contribution in [-0.2, 0) is 0 Å². The molecular weight excluding hydrogens is 372 g/mol. The molecule has 0 saturated carbocycles. The van der Waals surface area contributed by atoms with E-state index in [9.17, 15) is 4.79 Å². The van der Waals surface area contributed by atoms with Crippen LogP contribution in [0.15, 0.2) is 42.5 Å². The molecule has 0 aliphatic carbocycles. The Labute approximate surface area is 166 Å². The first-order valence-corrected chi connectivity index (χ1v) is 8.84. The molecule has 0 atom stereocenters. The number of aromatic amines is 1. The lowest BCUT2D eigenvalue weighted by atomic mass is 10.0. The molecule has 4 N–H and O–H groups in total. The standard InChI is InChI=1S/C21H20N4O4/c1-27-16-8-11(9-17(28-2)20(16)29-3)18-19-13(10-15(24-18)21(26)25-22)12-6-4-5-7-14(12)23-19/h4-10,23H,22H2,1-3H3,(H,25,26). The highest BCUT2D eigenvalue weighted by Crippen LogP contribution is 2.42. The Kier molecular flexibility index (Phi) is 4.69. The van der Waals surface area contributed by atoms with Gasteiger partial charge in [0.05, 0.1) is 32.5 Å². The molecule has 8 heteroatoms. The fourth-order valence-corrected chi connectivity index (χ4v) is 3.46. The number of carbonyl (C=O) groups excluding carboxylic acids is 1. The average molecular weight is 392 g/mol. The number of nitrogens with zero attached hydrogens (tertiary/aromatic N) is 1. The maximum absolute atomic E-state index is 12.3. The zero-order valence-corrected chi connectivity index (χ0v) is 16.2. The number of methoxy groups -OCH3 is 3. The Bertz CT molecular complexity index is 1210. The summed E-state index contributed by atoms with van der Waals surface area (Å²) in [6, 6.07) is 13.1. The Morgan fingerprint density at radius 2 is 1.69 bits per heavy atom. The van der Waals surface area contributed by atoms with E-state index in [0.717, 1.165) is 21.8 Å². The Morgan fingerprint density at radius 3 is 2.31 bits per heavy atom. The Hall–Kier alpha value is -3.78. The molecule has 0 unspecified atom stereocenters. The number of fused-ring (bicyclic) bond motifs is 3. The van der Waals surface area contributed by atoms with E-state index < -0.39 is 5.91 Å². The van der Waals surface area contributed by atoms with Crippen LogP contribution in [0.3, 0.4) is 0 Å². The highest BCUT2D eigenvalue weighted by molar-refractivity contribution is 6.13. The van der Waals surface area contributed by atoms with Crippen LogP contribution in [0.5, 0.6) is 17.2 Å². The summed E-state index contributed by atoms with van der Waals surface area (Å²) in [6.07, 6.45) is 0. The van der Waals surface area contributed by atoms with Gasteiger partial charge in [-0.15, -0.1) is 0 Å². The first-order valence-electron chi connectivity index (χ1n) is 8.84. The summed E-state index contributed by atoms with van der Waals surface area (Å²) >= 11 is 0. The zero-order valence-electron chi connectivity index (χ0n) is 16.2. The molecule has 0 radical (unpaired) electrons. The molecule has 0 fully saturated rings. The van der Waals surface area contributed by atoms with E-state index in [1.807, 2.05) is 24.3 Å². The second-order valence-electron chi connectivity index (χ2n) is 6.34. The molecule has 0 aliphatic heterocycles. The monoisotopic (exact) mass is 392 g/mol. The molecule has 0 bridgehead atoms. The van der Waals surface area contributed by atoms with Crippen LogP contribution < -0.4 is 25.5 Å². The smallest absolute Gasteiger partial charge is 0.283 e. The summed E-state index contributed by atoms with van der Waals surface area (Å²) in [6.45, 7) is 0. The summed E-state index contributed by atoms with van der Waals surface area (Å²) in [5, 5.41) is 1.84. The highest BCUT2D eigenvalue weighted by Gasteiger charge is 2.20. The average Bonchev–Trinajstić information content (AvgIpc) is 3.15. The minimum Gasteiger partial charge on any atom is -0.493 e. The zero-order chi connectivity index (χ0) is 20.5. The maximum atomic E-state index is 12.3. The first kappa shape index (κ1) is 18.6. The quantitative estimate of drug-likeness (QED) is 0.273. The van der Waals surface area contributed by atoms with Crippen molar-refractivity contribution in [2.75, 3.05) is 21.3 Å². The van der Waals surface area contributed by atoms with E-state index in [1.54, 1.807) is 39.5 Å². The van der Waals surface area contributed by atoms with Gasteiger partial charge in [0.2, 0.25) is 5.75 Å². The number of nitrogens with one attached hydrogen (secondary N) is 2. The van der Waals surface area contributed by atoms with E-state index in [0.29, 0.717) is 28.5 Å². The van der Waals surface area contributed by atoms with Crippen LogP contribution in [0.1, 0.15) is 10.5 Å². The SMILES string of the molecule is COc1cc(-c2nc(C(=O)NN)cc3c2[nH]c2ccccc23)cc(OC)c1OC. The molecule has 4 rings (SSSR count). The topological polar surface area (TPSA) is 111 Å². The number of aromatic nitrogens is 2. The van der Waals surface area contributed by atoms with Crippen molar-refractivity contribution in [2.45, 2.75) is 0 Å². The van der Waals surface area contributed by atoms with Crippen molar-refractivity contribution in [2.24, 2.45) is 5.84 Å². The number of hydrogen-bond acceptors (Lipinski definition) is 6. The van der Waals surface area contributed by atoms with Crippen LogP contribution in [0.25, 0.3) is 33.1 Å². The maximum Gasteiger partial charge on any atom is 0.283 e. The molecule has 2 aromatic carbocycles. The summed E-state index contributed by atoms with van der Waals surface area (Å²) in [5.74, 6) is 6.32. The van der Waals surface area contributed by atoms with Crippen molar-refractivity contribution >= 4 is 27.7 Å². The second-order valence-corrected chi connectivity index (χ2v) is 6.34. The highest BCUT2D eigenvalue weighted by atomic mass is 16.5. The lowest BCUT2D eigenvalue weighted by molar-refractivity contribution is 0.0949. The summed E-state index contributed by atoms with van der Waals surface area (Å²) < 4.78 is 16.3. The van der Waals surface area contributed by atoms with Gasteiger partial charge in [-0.3, -0.25) is 10.2 Å². The predicted octanol–water partition coefficient (Wildman–Crippen LogP) is 3.01. The Morgan fingerprint density at radius 1 is 1.00 bits per heavy atom. The number of nitrogen functional groups attached to an aromatic ring is 1. The van der Waals surface area contributed by atoms with Gasteiger partial charge in [0, 0.05) is 21.9 Å². The fourth-order valence-electron chi connectivity index (χ4n) is 3.46. The number of para-hydroxylation sites is 1. The van der Waals surface area contributed by atoms with Crippen LogP contribution >= 0.6 is 0 Å². The van der Waals surface area contributed by atoms with E-state index in [1.165, 1.54) is 0 Å². The molecule has 4 aromatic rings. The van der Waals surface area contributed by atoms with E-state index in [4.69, 9.17) is 20.1 Å². The third kappa shape index (κ3) is 2.99. The number of nitrogens with two attached hydrogens (primary N) is 1. The van der Waals surface area contributed by atoms with Gasteiger partial charge < -0.3 is 19.2 Å². The van der Waals surface area contributed by atoms with Crippen LogP contribution in [0.4, 0.5) is 0 Å². The molecule has 2 heterocycles. The van der Waals surface area contributed by atoms with Crippen LogP contribution in [-0.4, -0.2) is 37.2 Å². The van der Waals surface area contributed by atoms with E-state index in [2.05, 4.69) is 15.4 Å². The molecular formula is C21H20N4O4. The lowest BCUT2D eigenvalue weighted by Gasteiger charge is -2.14. The van der Waals surface area contributed by atoms with Gasteiger partial charge in [0.25, 0.3) is 5.91 Å². The normalized spacial score (nSPS) is 10.9. The molecule has 0 saturated heterocycles. The van der Waals surface area contributed by atoms with Gasteiger partial charge in [-0.1, -0.05) is 18.2 Å². The predicted molar refractivity (Wildman–Crippen MR) is 110 cm³/mol. The molecule has 8 nitrogen and oxygen atoms in total. The second kappa shape index (κ2) is 7.33. The number of H-pyrrole nitrogens is 1. The van der Waals surface area contributed by atoms with Crippen molar-refractivity contribution in [1.29, 1.82) is 0 Å². The summed E-state index contributed by atoms with van der Waals surface area (Å²) in [4.78, 5) is 20.2. The number of carbonyl (C=O) groups is 1. The molecule has 148 valence electrons. The van der Waals surface area contributed by atoms with Crippen molar-refractivity contribution < 1.29 is 19.0 Å². The van der Waals surface area contributed by atoms with Gasteiger partial charge in [-0.25, -0.2) is 10.8 Å². The van der Waals surface area contributed by atoms with E-state index in [-0.39, 0.29) is 5.69 Å². The molecule has 0 spiro atoms. The van der Waals surface area contributed by atoms with Gasteiger partial charge in [0.1, 0.15) is 5.69 Å². The lowest BCUT2D eigenvalue weighted by Crippen LogP contribution is -2.30. The third-order valence-corrected chi connectivity index (χ3v) is 4.80. The number of hydrazine groups is 1. The molecule has 0 aliphatic rings. The van der Waals surface area contributed by atoms with Crippen LogP contribution in [0.2, 0.25) is 0 Å².